The van der Waals surface area contributed by atoms with Gasteiger partial charge in [0.1, 0.15) is 18.2 Å². The SMILES string of the molecule is C=C(/C(OCC(F)F)=C1\C[C@H](C)N=C(C2CCN(C)CC2)N1)c1c(C)ccc2[nH]ncc12. The van der Waals surface area contributed by atoms with Gasteiger partial charge in [-0.15, -0.1) is 0 Å². The topological polar surface area (TPSA) is 65.5 Å². The number of ether oxygens (including phenoxy) is 1. The van der Waals surface area contributed by atoms with E-state index in [-0.39, 0.29) is 6.04 Å². The molecule has 6 nitrogen and oxygen atoms in total. The van der Waals surface area contributed by atoms with E-state index in [1.807, 2.05) is 26.0 Å². The molecule has 4 rings (SSSR count). The van der Waals surface area contributed by atoms with Gasteiger partial charge in [-0.25, -0.2) is 8.78 Å². The first kappa shape index (κ1) is 22.5. The van der Waals surface area contributed by atoms with E-state index in [2.05, 4.69) is 34.0 Å². The Balaban J connectivity index is 1.72. The predicted molar refractivity (Wildman–Crippen MR) is 124 cm³/mol. The number of piperidine rings is 1. The molecule has 0 unspecified atom stereocenters. The number of halogens is 2. The second-order valence-corrected chi connectivity index (χ2v) is 8.85. The maximum atomic E-state index is 13.2. The number of rotatable bonds is 6. The number of aromatic nitrogens is 2. The Morgan fingerprint density at radius 2 is 2.06 bits per heavy atom. The zero-order valence-corrected chi connectivity index (χ0v) is 18.9. The average Bonchev–Trinajstić information content (AvgIpc) is 3.22. The number of benzene rings is 1. The normalized spacial score (nSPS) is 22.1. The van der Waals surface area contributed by atoms with Gasteiger partial charge >= 0.3 is 0 Å². The molecule has 2 aromatic rings. The van der Waals surface area contributed by atoms with Crippen LogP contribution in [0.5, 0.6) is 0 Å². The lowest BCUT2D eigenvalue weighted by atomic mass is 9.92. The van der Waals surface area contributed by atoms with Gasteiger partial charge in [0.25, 0.3) is 6.43 Å². The summed E-state index contributed by atoms with van der Waals surface area (Å²) < 4.78 is 32.0. The fourth-order valence-corrected chi connectivity index (χ4v) is 4.60. The van der Waals surface area contributed by atoms with Crippen molar-refractivity contribution < 1.29 is 13.5 Å². The van der Waals surface area contributed by atoms with E-state index in [0.717, 1.165) is 59.5 Å². The minimum atomic E-state index is -2.58. The monoisotopic (exact) mass is 443 g/mol. The zero-order chi connectivity index (χ0) is 22.8. The summed E-state index contributed by atoms with van der Waals surface area (Å²) in [5, 5.41) is 11.5. The van der Waals surface area contributed by atoms with Gasteiger partial charge in [0.15, 0.2) is 0 Å². The van der Waals surface area contributed by atoms with Crippen molar-refractivity contribution in [2.75, 3.05) is 26.7 Å². The summed E-state index contributed by atoms with van der Waals surface area (Å²) >= 11 is 0. The number of hydrogen-bond donors (Lipinski definition) is 2. The molecule has 3 heterocycles. The Hall–Kier alpha value is -2.74. The van der Waals surface area contributed by atoms with Gasteiger partial charge in [-0.2, -0.15) is 5.10 Å². The summed E-state index contributed by atoms with van der Waals surface area (Å²) in [4.78, 5) is 7.17. The zero-order valence-electron chi connectivity index (χ0n) is 18.9. The molecule has 32 heavy (non-hydrogen) atoms. The molecular weight excluding hydrogens is 412 g/mol. The summed E-state index contributed by atoms with van der Waals surface area (Å²) in [6.45, 7) is 9.66. The molecule has 2 aliphatic heterocycles. The Morgan fingerprint density at radius 3 is 2.78 bits per heavy atom. The predicted octanol–water partition coefficient (Wildman–Crippen LogP) is 4.50. The maximum absolute atomic E-state index is 13.2. The van der Waals surface area contributed by atoms with Crippen molar-refractivity contribution in [1.29, 1.82) is 0 Å². The third-order valence-electron chi connectivity index (χ3n) is 6.28. The molecular formula is C24H31F2N5O. The molecule has 1 aromatic heterocycles. The molecule has 1 atom stereocenters. The maximum Gasteiger partial charge on any atom is 0.272 e. The molecule has 0 bridgehead atoms. The summed E-state index contributed by atoms with van der Waals surface area (Å²) in [5.74, 6) is 1.64. The Bertz CT molecular complexity index is 1050. The lowest BCUT2D eigenvalue weighted by Gasteiger charge is -2.34. The minimum absolute atomic E-state index is 0.0321. The molecule has 2 N–H and O–H groups in total. The van der Waals surface area contributed by atoms with Crippen LogP contribution in [0.4, 0.5) is 8.78 Å². The molecule has 0 radical (unpaired) electrons. The van der Waals surface area contributed by atoms with Gasteiger partial charge in [0.05, 0.1) is 23.5 Å². The molecule has 8 heteroatoms. The Morgan fingerprint density at radius 1 is 1.31 bits per heavy atom. The summed E-state index contributed by atoms with van der Waals surface area (Å²) in [6.07, 6.45) is 1.77. The van der Waals surface area contributed by atoms with Crippen molar-refractivity contribution >= 4 is 22.3 Å². The number of hydrogen-bond acceptors (Lipinski definition) is 5. The average molecular weight is 444 g/mol. The number of allylic oxidation sites excluding steroid dienone is 1. The van der Waals surface area contributed by atoms with Crippen LogP contribution in [0.15, 0.2) is 41.4 Å². The van der Waals surface area contributed by atoms with Crippen molar-refractivity contribution in [1.82, 2.24) is 20.4 Å². The van der Waals surface area contributed by atoms with Crippen LogP contribution in [0.1, 0.15) is 37.3 Å². The van der Waals surface area contributed by atoms with Gasteiger partial charge in [0.2, 0.25) is 0 Å². The molecule has 2 aliphatic rings. The first-order chi connectivity index (χ1) is 15.3. The van der Waals surface area contributed by atoms with Crippen LogP contribution in [-0.4, -0.2) is 60.1 Å². The quantitative estimate of drug-likeness (QED) is 0.646. The Labute approximate surface area is 187 Å². The van der Waals surface area contributed by atoms with E-state index >= 15 is 0 Å². The second kappa shape index (κ2) is 9.40. The summed E-state index contributed by atoms with van der Waals surface area (Å²) in [6, 6.07) is 3.95. The number of likely N-dealkylation sites (tertiary alicyclic amines) is 1. The minimum Gasteiger partial charge on any atom is -0.485 e. The highest BCUT2D eigenvalue weighted by Gasteiger charge is 2.29. The smallest absolute Gasteiger partial charge is 0.272 e. The van der Waals surface area contributed by atoms with Crippen LogP contribution in [-0.2, 0) is 4.74 Å². The van der Waals surface area contributed by atoms with E-state index < -0.39 is 13.0 Å². The third kappa shape index (κ3) is 4.70. The number of aryl methyl sites for hydroxylation is 1. The molecule has 1 saturated heterocycles. The molecule has 1 aromatic carbocycles. The van der Waals surface area contributed by atoms with Crippen LogP contribution in [0.2, 0.25) is 0 Å². The van der Waals surface area contributed by atoms with E-state index in [0.29, 0.717) is 23.7 Å². The van der Waals surface area contributed by atoms with Crippen LogP contribution in [0.3, 0.4) is 0 Å². The lowest BCUT2D eigenvalue weighted by Crippen LogP contribution is -2.42. The number of nitrogens with zero attached hydrogens (tertiary/aromatic N) is 3. The number of alkyl halides is 2. The first-order valence-electron chi connectivity index (χ1n) is 11.1. The van der Waals surface area contributed by atoms with E-state index in [9.17, 15) is 8.78 Å². The molecule has 0 saturated carbocycles. The van der Waals surface area contributed by atoms with Crippen molar-refractivity contribution in [3.8, 4) is 0 Å². The molecule has 0 aliphatic carbocycles. The largest absolute Gasteiger partial charge is 0.485 e. The van der Waals surface area contributed by atoms with Crippen molar-refractivity contribution in [2.24, 2.45) is 10.9 Å². The highest BCUT2D eigenvalue weighted by molar-refractivity contribution is 5.97. The number of nitrogens with one attached hydrogen (secondary N) is 2. The second-order valence-electron chi connectivity index (χ2n) is 8.85. The van der Waals surface area contributed by atoms with Crippen molar-refractivity contribution in [2.45, 2.75) is 45.6 Å². The number of aromatic amines is 1. The molecule has 0 amide bonds. The van der Waals surface area contributed by atoms with Crippen molar-refractivity contribution in [3.05, 3.63) is 47.5 Å². The van der Waals surface area contributed by atoms with Crippen molar-refractivity contribution in [3.63, 3.8) is 0 Å². The fraction of sp³-hybridized carbons (Fsp3) is 0.500. The van der Waals surface area contributed by atoms with Crippen LogP contribution in [0.25, 0.3) is 16.5 Å². The Kier molecular flexibility index (Phi) is 6.60. The summed E-state index contributed by atoms with van der Waals surface area (Å²) in [7, 11) is 2.12. The van der Waals surface area contributed by atoms with E-state index in [4.69, 9.17) is 9.73 Å². The molecule has 172 valence electrons. The number of H-pyrrole nitrogens is 1. The lowest BCUT2D eigenvalue weighted by molar-refractivity contribution is 0.0522. The van der Waals surface area contributed by atoms with Crippen LogP contribution in [0, 0.1) is 12.8 Å². The van der Waals surface area contributed by atoms with Gasteiger partial charge in [0, 0.05) is 23.3 Å². The van der Waals surface area contributed by atoms with E-state index in [1.54, 1.807) is 6.20 Å². The van der Waals surface area contributed by atoms with Gasteiger partial charge in [-0.1, -0.05) is 12.6 Å². The number of amidine groups is 1. The first-order valence-corrected chi connectivity index (χ1v) is 11.1. The van der Waals surface area contributed by atoms with E-state index in [1.165, 1.54) is 0 Å². The standard InChI is InChI=1S/C24H31F2N5O/c1-14-5-6-19-18(12-27-30-19)22(14)16(3)23(32-13-21(25)26)20-11-15(2)28-24(29-20)17-7-9-31(4)10-8-17/h5-6,12,15,17,21H,3,7-11,13H2,1-2,4H3,(H,27,30)(H,28,29)/b23-20-/t15-/m0/s1. The molecule has 1 fully saturated rings. The van der Waals surface area contributed by atoms with Gasteiger partial charge < -0.3 is 15.0 Å². The summed E-state index contributed by atoms with van der Waals surface area (Å²) in [5.41, 5.74) is 4.05. The van der Waals surface area contributed by atoms with Gasteiger partial charge in [-0.05, 0) is 64.0 Å². The third-order valence-corrected chi connectivity index (χ3v) is 6.28. The number of aliphatic imine (C=N–C) groups is 1. The van der Waals surface area contributed by atoms with Crippen LogP contribution >= 0.6 is 0 Å². The highest BCUT2D eigenvalue weighted by atomic mass is 19.3. The fourth-order valence-electron chi connectivity index (χ4n) is 4.60. The number of fused-ring (bicyclic) bond motifs is 1. The highest BCUT2D eigenvalue weighted by Crippen LogP contribution is 2.35. The van der Waals surface area contributed by atoms with Gasteiger partial charge in [-0.3, -0.25) is 10.1 Å². The molecule has 0 spiro atoms. The van der Waals surface area contributed by atoms with Crippen LogP contribution < -0.4 is 5.32 Å².